The summed E-state index contributed by atoms with van der Waals surface area (Å²) in [6.07, 6.45) is 8.05. The summed E-state index contributed by atoms with van der Waals surface area (Å²) in [7, 11) is 1.39. The molecule has 1 atom stereocenters. The lowest BCUT2D eigenvalue weighted by Gasteiger charge is -2.11. The van der Waals surface area contributed by atoms with E-state index in [4.69, 9.17) is 9.47 Å². The van der Waals surface area contributed by atoms with Crippen LogP contribution in [0.5, 0.6) is 5.75 Å². The smallest absolute Gasteiger partial charge is 0.307 e. The average molecular weight is 298 g/mol. The minimum atomic E-state index is -0.262. The third-order valence-electron chi connectivity index (χ3n) is 2.99. The lowest BCUT2D eigenvalue weighted by Crippen LogP contribution is -2.07. The first-order valence-corrected chi connectivity index (χ1v) is 7.21. The van der Waals surface area contributed by atoms with Crippen LogP contribution in [0, 0.1) is 11.8 Å². The molecule has 1 rings (SSSR count). The van der Waals surface area contributed by atoms with Crippen molar-refractivity contribution in [1.29, 1.82) is 0 Å². The van der Waals surface area contributed by atoms with Crippen LogP contribution in [0.2, 0.25) is 0 Å². The standard InChI is InChI=1S/C19H22O3/c1-4-6-7-8-14-22-18-12-10-16(11-13-18)17(9-5-2)15-19(20)21-3/h4,6-8,10-13,17H,14-15H2,1-3H3/b6-4+,8-7+/t17-/m0/s1. The summed E-state index contributed by atoms with van der Waals surface area (Å²) in [6.45, 7) is 4.25. The number of esters is 1. The molecule has 0 spiro atoms. The van der Waals surface area contributed by atoms with Crippen molar-refractivity contribution in [3.63, 3.8) is 0 Å². The van der Waals surface area contributed by atoms with Crippen molar-refractivity contribution in [2.24, 2.45) is 0 Å². The zero-order valence-corrected chi connectivity index (χ0v) is 13.3. The Bertz CT molecular complexity index is 571. The molecule has 22 heavy (non-hydrogen) atoms. The number of ether oxygens (including phenoxy) is 2. The van der Waals surface area contributed by atoms with Crippen LogP contribution in [0.3, 0.4) is 0 Å². The molecule has 0 saturated heterocycles. The fourth-order valence-electron chi connectivity index (χ4n) is 1.86. The number of benzene rings is 1. The first-order valence-electron chi connectivity index (χ1n) is 7.21. The maximum absolute atomic E-state index is 11.4. The molecule has 0 aliphatic rings. The minimum Gasteiger partial charge on any atom is -0.490 e. The van der Waals surface area contributed by atoms with Crippen LogP contribution in [0.1, 0.15) is 31.7 Å². The third kappa shape index (κ3) is 6.32. The van der Waals surface area contributed by atoms with Crippen LogP contribution in [-0.4, -0.2) is 19.7 Å². The molecule has 0 N–H and O–H groups in total. The summed E-state index contributed by atoms with van der Waals surface area (Å²) in [6, 6.07) is 7.65. The number of carbonyl (C=O) groups excluding carboxylic acids is 1. The Morgan fingerprint density at radius 1 is 1.27 bits per heavy atom. The lowest BCUT2D eigenvalue weighted by molar-refractivity contribution is -0.140. The highest BCUT2D eigenvalue weighted by Gasteiger charge is 2.14. The molecular weight excluding hydrogens is 276 g/mol. The highest BCUT2D eigenvalue weighted by molar-refractivity contribution is 5.71. The van der Waals surface area contributed by atoms with Crippen molar-refractivity contribution in [2.75, 3.05) is 13.7 Å². The van der Waals surface area contributed by atoms with Crippen LogP contribution in [0.4, 0.5) is 0 Å². The zero-order valence-electron chi connectivity index (χ0n) is 13.3. The number of hydrogen-bond donors (Lipinski definition) is 0. The van der Waals surface area contributed by atoms with Gasteiger partial charge in [0.2, 0.25) is 0 Å². The predicted molar refractivity (Wildman–Crippen MR) is 88.7 cm³/mol. The fourth-order valence-corrected chi connectivity index (χ4v) is 1.86. The van der Waals surface area contributed by atoms with E-state index in [0.29, 0.717) is 6.61 Å². The van der Waals surface area contributed by atoms with E-state index >= 15 is 0 Å². The van der Waals surface area contributed by atoms with Gasteiger partial charge in [-0.15, -0.1) is 5.92 Å². The molecule has 0 fully saturated rings. The second-order valence-electron chi connectivity index (χ2n) is 4.56. The Hall–Kier alpha value is -2.47. The summed E-state index contributed by atoms with van der Waals surface area (Å²) in [5.74, 6) is 6.27. The molecule has 0 bridgehead atoms. The van der Waals surface area contributed by atoms with Gasteiger partial charge in [0.15, 0.2) is 0 Å². The molecule has 0 aromatic heterocycles. The van der Waals surface area contributed by atoms with E-state index in [1.165, 1.54) is 7.11 Å². The Balaban J connectivity index is 2.67. The summed E-state index contributed by atoms with van der Waals surface area (Å²) >= 11 is 0. The number of allylic oxidation sites excluding steroid dienone is 3. The molecule has 3 nitrogen and oxygen atoms in total. The van der Waals surface area contributed by atoms with Gasteiger partial charge in [0.05, 0.1) is 19.4 Å². The molecule has 3 heteroatoms. The monoisotopic (exact) mass is 298 g/mol. The number of carbonyl (C=O) groups is 1. The number of hydrogen-bond acceptors (Lipinski definition) is 3. The molecule has 0 aliphatic carbocycles. The van der Waals surface area contributed by atoms with Crippen LogP contribution >= 0.6 is 0 Å². The van der Waals surface area contributed by atoms with Gasteiger partial charge in [-0.2, -0.15) is 0 Å². The highest BCUT2D eigenvalue weighted by Crippen LogP contribution is 2.22. The highest BCUT2D eigenvalue weighted by atomic mass is 16.5. The van der Waals surface area contributed by atoms with Crippen LogP contribution in [0.15, 0.2) is 48.6 Å². The van der Waals surface area contributed by atoms with E-state index in [1.54, 1.807) is 6.92 Å². The third-order valence-corrected chi connectivity index (χ3v) is 2.99. The van der Waals surface area contributed by atoms with E-state index in [-0.39, 0.29) is 18.3 Å². The van der Waals surface area contributed by atoms with Crippen molar-refractivity contribution in [3.05, 3.63) is 54.1 Å². The first-order chi connectivity index (χ1) is 10.7. The normalized spacial score (nSPS) is 12.0. The van der Waals surface area contributed by atoms with E-state index in [0.717, 1.165) is 11.3 Å². The summed E-state index contributed by atoms with van der Waals surface area (Å²) in [5, 5.41) is 0. The Morgan fingerprint density at radius 2 is 2.00 bits per heavy atom. The Labute approximate surface area is 132 Å². The summed E-state index contributed by atoms with van der Waals surface area (Å²) in [5.41, 5.74) is 0.983. The fraction of sp³-hybridized carbons (Fsp3) is 0.316. The largest absolute Gasteiger partial charge is 0.490 e. The molecular formula is C19H22O3. The molecule has 1 aromatic rings. The molecule has 0 aliphatic heterocycles. The molecule has 0 unspecified atom stereocenters. The Morgan fingerprint density at radius 3 is 2.59 bits per heavy atom. The molecule has 0 amide bonds. The van der Waals surface area contributed by atoms with Gasteiger partial charge < -0.3 is 9.47 Å². The summed E-state index contributed by atoms with van der Waals surface area (Å²) < 4.78 is 10.3. The van der Waals surface area contributed by atoms with Gasteiger partial charge in [-0.25, -0.2) is 0 Å². The topological polar surface area (TPSA) is 35.5 Å². The van der Waals surface area contributed by atoms with E-state index < -0.39 is 0 Å². The van der Waals surface area contributed by atoms with Gasteiger partial charge in [0, 0.05) is 0 Å². The zero-order chi connectivity index (χ0) is 16.2. The van der Waals surface area contributed by atoms with Gasteiger partial charge in [-0.3, -0.25) is 4.79 Å². The van der Waals surface area contributed by atoms with Crippen molar-refractivity contribution in [3.8, 4) is 17.6 Å². The van der Waals surface area contributed by atoms with Crippen LogP contribution in [-0.2, 0) is 9.53 Å². The summed E-state index contributed by atoms with van der Waals surface area (Å²) in [4.78, 5) is 11.4. The molecule has 116 valence electrons. The number of methoxy groups -OCH3 is 1. The molecule has 1 aromatic carbocycles. The van der Waals surface area contributed by atoms with Crippen molar-refractivity contribution in [2.45, 2.75) is 26.2 Å². The molecule has 0 heterocycles. The van der Waals surface area contributed by atoms with Crippen molar-refractivity contribution in [1.82, 2.24) is 0 Å². The quantitative estimate of drug-likeness (QED) is 0.435. The second-order valence-corrected chi connectivity index (χ2v) is 4.56. The van der Waals surface area contributed by atoms with Gasteiger partial charge in [0.25, 0.3) is 0 Å². The predicted octanol–water partition coefficient (Wildman–Crippen LogP) is 3.87. The van der Waals surface area contributed by atoms with Crippen LogP contribution in [0.25, 0.3) is 0 Å². The molecule has 0 radical (unpaired) electrons. The van der Waals surface area contributed by atoms with Crippen molar-refractivity contribution >= 4 is 5.97 Å². The van der Waals surface area contributed by atoms with Gasteiger partial charge in [-0.05, 0) is 37.6 Å². The minimum absolute atomic E-state index is 0.152. The van der Waals surface area contributed by atoms with Crippen molar-refractivity contribution < 1.29 is 14.3 Å². The maximum Gasteiger partial charge on any atom is 0.307 e. The Kier molecular flexibility index (Phi) is 8.22. The number of rotatable bonds is 7. The van der Waals surface area contributed by atoms with Gasteiger partial charge in [0.1, 0.15) is 12.4 Å². The SMILES string of the molecule is CC#C[C@@H](CC(=O)OC)c1ccc(OC/C=C/C=C/C)cc1. The maximum atomic E-state index is 11.4. The molecule has 0 saturated carbocycles. The lowest BCUT2D eigenvalue weighted by atomic mass is 9.96. The first kappa shape index (κ1) is 17.6. The van der Waals surface area contributed by atoms with Gasteiger partial charge in [-0.1, -0.05) is 36.3 Å². The van der Waals surface area contributed by atoms with Gasteiger partial charge >= 0.3 is 5.97 Å². The second kappa shape index (κ2) is 10.3. The van der Waals surface area contributed by atoms with E-state index in [9.17, 15) is 4.79 Å². The van der Waals surface area contributed by atoms with E-state index in [1.807, 2.05) is 55.5 Å². The average Bonchev–Trinajstić information content (AvgIpc) is 2.54. The van der Waals surface area contributed by atoms with E-state index in [2.05, 4.69) is 11.8 Å². The van der Waals surface area contributed by atoms with Crippen LogP contribution < -0.4 is 4.74 Å².